The zero-order valence-corrected chi connectivity index (χ0v) is 9.09. The summed E-state index contributed by atoms with van der Waals surface area (Å²) in [5, 5.41) is 3.50. The number of anilines is 1. The van der Waals surface area contributed by atoms with Gasteiger partial charge in [-0.15, -0.1) is 0 Å². The summed E-state index contributed by atoms with van der Waals surface area (Å²) in [6, 6.07) is 4.06. The summed E-state index contributed by atoms with van der Waals surface area (Å²) in [6.45, 7) is 0.0575. The van der Waals surface area contributed by atoms with Gasteiger partial charge in [-0.3, -0.25) is 14.5 Å². The Hall–Kier alpha value is -2.50. The van der Waals surface area contributed by atoms with Crippen LogP contribution < -0.4 is 4.90 Å². The molecule has 1 amide bonds. The Morgan fingerprint density at radius 2 is 2.17 bits per heavy atom. The smallest absolute Gasteiger partial charge is 0.299 e. The first kappa shape index (κ1) is 10.6. The fraction of sp³-hybridized carbons (Fsp3) is 0.0833. The van der Waals surface area contributed by atoms with Crippen LogP contribution in [0.2, 0.25) is 0 Å². The van der Waals surface area contributed by atoms with Crippen LogP contribution in [0.15, 0.2) is 35.2 Å². The van der Waals surface area contributed by atoms with Crippen LogP contribution in [0, 0.1) is 5.82 Å². The number of Topliss-reactive ketones (excluding diaryl/α,β-unsaturated/α-hetero) is 1. The Labute approximate surface area is 101 Å². The Bertz CT molecular complexity index is 637. The second kappa shape index (κ2) is 3.76. The van der Waals surface area contributed by atoms with Gasteiger partial charge in [-0.05, 0) is 12.1 Å². The third-order valence-corrected chi connectivity index (χ3v) is 2.76. The molecule has 0 atom stereocenters. The van der Waals surface area contributed by atoms with Crippen molar-refractivity contribution >= 4 is 17.4 Å². The summed E-state index contributed by atoms with van der Waals surface area (Å²) in [5.74, 6) is -2.03. The maximum absolute atomic E-state index is 13.7. The molecule has 1 aliphatic heterocycles. The summed E-state index contributed by atoms with van der Waals surface area (Å²) in [4.78, 5) is 24.6. The maximum Gasteiger partial charge on any atom is 0.299 e. The number of nitrogens with zero attached hydrogens (tertiary/aromatic N) is 2. The highest BCUT2D eigenvalue weighted by Gasteiger charge is 2.37. The molecule has 90 valence electrons. The molecule has 3 rings (SSSR count). The van der Waals surface area contributed by atoms with Crippen molar-refractivity contribution in [3.8, 4) is 0 Å². The lowest BCUT2D eigenvalue weighted by Gasteiger charge is -2.15. The summed E-state index contributed by atoms with van der Waals surface area (Å²) >= 11 is 0. The molecule has 1 aromatic carbocycles. The molecule has 0 unspecified atom stereocenters. The van der Waals surface area contributed by atoms with Crippen molar-refractivity contribution in [3.63, 3.8) is 0 Å². The van der Waals surface area contributed by atoms with Crippen molar-refractivity contribution in [1.82, 2.24) is 5.16 Å². The molecular formula is C12H7FN2O3. The minimum Gasteiger partial charge on any atom is -0.364 e. The minimum absolute atomic E-state index is 0.0219. The Morgan fingerprint density at radius 1 is 1.33 bits per heavy atom. The predicted octanol–water partition coefficient (Wildman–Crippen LogP) is 1.54. The lowest BCUT2D eigenvalue weighted by atomic mass is 10.1. The number of amides is 1. The van der Waals surface area contributed by atoms with Gasteiger partial charge in [-0.1, -0.05) is 11.2 Å². The van der Waals surface area contributed by atoms with Crippen molar-refractivity contribution in [3.05, 3.63) is 47.6 Å². The standard InChI is InChI=1S/C12H7FN2O3/c13-9-3-1-2-8-10(9)15(12(17)11(8)16)5-7-4-14-18-6-7/h1-4,6H,5H2. The summed E-state index contributed by atoms with van der Waals surface area (Å²) in [5.41, 5.74) is 0.706. The normalized spacial score (nSPS) is 14.2. The van der Waals surface area contributed by atoms with Crippen LogP contribution >= 0.6 is 0 Å². The Kier molecular flexibility index (Phi) is 2.22. The van der Waals surface area contributed by atoms with Gasteiger partial charge in [0, 0.05) is 5.56 Å². The number of carbonyl (C=O) groups excluding carboxylic acids is 2. The molecule has 0 aliphatic carbocycles. The van der Waals surface area contributed by atoms with E-state index in [1.165, 1.54) is 30.7 Å². The number of benzene rings is 1. The number of rotatable bonds is 2. The van der Waals surface area contributed by atoms with Gasteiger partial charge in [0.1, 0.15) is 12.1 Å². The van der Waals surface area contributed by atoms with Crippen molar-refractivity contribution in [2.24, 2.45) is 0 Å². The summed E-state index contributed by atoms with van der Waals surface area (Å²) in [6.07, 6.45) is 2.76. The molecule has 0 spiro atoms. The van der Waals surface area contributed by atoms with Gasteiger partial charge in [0.15, 0.2) is 0 Å². The molecule has 1 aliphatic rings. The molecule has 0 N–H and O–H groups in total. The van der Waals surface area contributed by atoms with E-state index in [0.717, 1.165) is 4.90 Å². The van der Waals surface area contributed by atoms with Gasteiger partial charge in [0.25, 0.3) is 11.7 Å². The topological polar surface area (TPSA) is 63.4 Å². The molecule has 0 bridgehead atoms. The number of hydrogen-bond donors (Lipinski definition) is 0. The zero-order valence-electron chi connectivity index (χ0n) is 9.09. The highest BCUT2D eigenvalue weighted by atomic mass is 19.1. The van der Waals surface area contributed by atoms with E-state index in [-0.39, 0.29) is 17.8 Å². The number of hydrogen-bond acceptors (Lipinski definition) is 4. The molecule has 1 aromatic heterocycles. The van der Waals surface area contributed by atoms with E-state index in [4.69, 9.17) is 0 Å². The molecule has 6 heteroatoms. The largest absolute Gasteiger partial charge is 0.364 e. The Balaban J connectivity index is 2.07. The monoisotopic (exact) mass is 246 g/mol. The first-order chi connectivity index (χ1) is 8.68. The molecule has 18 heavy (non-hydrogen) atoms. The second-order valence-corrected chi connectivity index (χ2v) is 3.89. The first-order valence-corrected chi connectivity index (χ1v) is 5.21. The van der Waals surface area contributed by atoms with Crippen LogP contribution in [0.5, 0.6) is 0 Å². The van der Waals surface area contributed by atoms with Gasteiger partial charge >= 0.3 is 0 Å². The third-order valence-electron chi connectivity index (χ3n) is 2.76. The fourth-order valence-electron chi connectivity index (χ4n) is 1.95. The highest BCUT2D eigenvalue weighted by molar-refractivity contribution is 6.52. The second-order valence-electron chi connectivity index (χ2n) is 3.89. The van der Waals surface area contributed by atoms with E-state index in [9.17, 15) is 14.0 Å². The predicted molar refractivity (Wildman–Crippen MR) is 58.4 cm³/mol. The Morgan fingerprint density at radius 3 is 2.89 bits per heavy atom. The SMILES string of the molecule is O=C1C(=O)N(Cc2cnoc2)c2c(F)cccc21. The lowest BCUT2D eigenvalue weighted by Crippen LogP contribution is -2.29. The zero-order chi connectivity index (χ0) is 12.7. The number of halogens is 1. The quantitative estimate of drug-likeness (QED) is 0.754. The van der Waals surface area contributed by atoms with Gasteiger partial charge in [0.2, 0.25) is 0 Å². The minimum atomic E-state index is -0.740. The highest BCUT2D eigenvalue weighted by Crippen LogP contribution is 2.32. The molecule has 0 saturated heterocycles. The van der Waals surface area contributed by atoms with E-state index in [1.807, 2.05) is 0 Å². The third kappa shape index (κ3) is 1.42. The van der Waals surface area contributed by atoms with Gasteiger partial charge < -0.3 is 4.52 Å². The lowest BCUT2D eigenvalue weighted by molar-refractivity contribution is -0.114. The first-order valence-electron chi connectivity index (χ1n) is 5.21. The number of para-hydroxylation sites is 1. The maximum atomic E-state index is 13.7. The van der Waals surface area contributed by atoms with E-state index >= 15 is 0 Å². The van der Waals surface area contributed by atoms with Crippen LogP contribution in [-0.4, -0.2) is 16.8 Å². The summed E-state index contributed by atoms with van der Waals surface area (Å²) < 4.78 is 18.4. The number of fused-ring (bicyclic) bond motifs is 1. The van der Waals surface area contributed by atoms with Crippen LogP contribution in [0.1, 0.15) is 15.9 Å². The van der Waals surface area contributed by atoms with Crippen molar-refractivity contribution in [1.29, 1.82) is 0 Å². The van der Waals surface area contributed by atoms with Gasteiger partial charge in [0.05, 0.1) is 24.0 Å². The molecule has 5 nitrogen and oxygen atoms in total. The van der Waals surface area contributed by atoms with E-state index in [2.05, 4.69) is 9.68 Å². The van der Waals surface area contributed by atoms with Crippen molar-refractivity contribution < 1.29 is 18.5 Å². The van der Waals surface area contributed by atoms with Crippen LogP contribution in [-0.2, 0) is 11.3 Å². The molecule has 2 heterocycles. The van der Waals surface area contributed by atoms with Crippen LogP contribution in [0.4, 0.5) is 10.1 Å². The molecule has 0 fully saturated rings. The summed E-state index contributed by atoms with van der Waals surface area (Å²) in [7, 11) is 0. The van der Waals surface area contributed by atoms with Crippen LogP contribution in [0.3, 0.4) is 0 Å². The molecule has 0 radical (unpaired) electrons. The van der Waals surface area contributed by atoms with E-state index in [0.29, 0.717) is 5.56 Å². The van der Waals surface area contributed by atoms with Crippen LogP contribution in [0.25, 0.3) is 0 Å². The average molecular weight is 246 g/mol. The fourth-order valence-corrected chi connectivity index (χ4v) is 1.95. The molecule has 2 aromatic rings. The van der Waals surface area contributed by atoms with Gasteiger partial charge in [-0.25, -0.2) is 4.39 Å². The number of ketones is 1. The number of carbonyl (C=O) groups is 2. The van der Waals surface area contributed by atoms with E-state index < -0.39 is 17.5 Å². The molecular weight excluding hydrogens is 239 g/mol. The van der Waals surface area contributed by atoms with Crippen molar-refractivity contribution in [2.45, 2.75) is 6.54 Å². The van der Waals surface area contributed by atoms with Crippen molar-refractivity contribution in [2.75, 3.05) is 4.90 Å². The van der Waals surface area contributed by atoms with Gasteiger partial charge in [-0.2, -0.15) is 0 Å². The van der Waals surface area contributed by atoms with E-state index in [1.54, 1.807) is 0 Å². The molecule has 0 saturated carbocycles. The number of aromatic nitrogens is 1. The average Bonchev–Trinajstić information content (AvgIpc) is 2.94.